The summed E-state index contributed by atoms with van der Waals surface area (Å²) in [6.45, 7) is 4.46. The zero-order chi connectivity index (χ0) is 12.4. The average Bonchev–Trinajstić information content (AvgIpc) is 2.86. The molecule has 1 atom stereocenters. The summed E-state index contributed by atoms with van der Waals surface area (Å²) in [6.07, 6.45) is 0.640. The van der Waals surface area contributed by atoms with Crippen molar-refractivity contribution in [1.29, 1.82) is 0 Å². The summed E-state index contributed by atoms with van der Waals surface area (Å²) in [5.74, 6) is -0.272. The molecule has 4 nitrogen and oxygen atoms in total. The van der Waals surface area contributed by atoms with Crippen LogP contribution in [0.3, 0.4) is 0 Å². The SMILES string of the molecule is COC(=O)c1cc(CN2CC[C@@H](O)C2)c(C)s1. The molecule has 1 aromatic rings. The third kappa shape index (κ3) is 2.86. The normalized spacial score (nSPS) is 20.8. The molecule has 1 aliphatic rings. The molecule has 2 heterocycles. The Bertz CT molecular complexity index is 416. The van der Waals surface area contributed by atoms with E-state index >= 15 is 0 Å². The van der Waals surface area contributed by atoms with Crippen molar-refractivity contribution >= 4 is 17.3 Å². The molecule has 1 aliphatic heterocycles. The molecule has 1 aromatic heterocycles. The maximum absolute atomic E-state index is 11.4. The van der Waals surface area contributed by atoms with Crippen molar-refractivity contribution in [3.8, 4) is 0 Å². The molecular formula is C12H17NO3S. The number of esters is 1. The molecule has 0 spiro atoms. The molecule has 0 saturated carbocycles. The Balaban J connectivity index is 2.06. The monoisotopic (exact) mass is 255 g/mol. The van der Waals surface area contributed by atoms with Gasteiger partial charge in [-0.25, -0.2) is 4.79 Å². The van der Waals surface area contributed by atoms with Gasteiger partial charge in [0.05, 0.1) is 13.2 Å². The molecule has 0 aromatic carbocycles. The second kappa shape index (κ2) is 5.16. The third-order valence-corrected chi connectivity index (χ3v) is 4.12. The van der Waals surface area contributed by atoms with E-state index in [1.54, 1.807) is 0 Å². The second-order valence-corrected chi connectivity index (χ2v) is 5.62. The Labute approximate surface area is 105 Å². The van der Waals surface area contributed by atoms with E-state index in [2.05, 4.69) is 4.90 Å². The number of hydrogen-bond donors (Lipinski definition) is 1. The van der Waals surface area contributed by atoms with E-state index in [4.69, 9.17) is 4.74 Å². The number of aliphatic hydroxyl groups excluding tert-OH is 1. The highest BCUT2D eigenvalue weighted by molar-refractivity contribution is 7.14. The molecule has 0 unspecified atom stereocenters. The van der Waals surface area contributed by atoms with Crippen LogP contribution in [0.2, 0.25) is 0 Å². The fourth-order valence-electron chi connectivity index (χ4n) is 2.07. The number of carbonyl (C=O) groups is 1. The lowest BCUT2D eigenvalue weighted by atomic mass is 10.2. The van der Waals surface area contributed by atoms with Crippen LogP contribution in [0.5, 0.6) is 0 Å². The van der Waals surface area contributed by atoms with Gasteiger partial charge in [-0.15, -0.1) is 11.3 Å². The molecule has 0 aliphatic carbocycles. The van der Waals surface area contributed by atoms with Crippen LogP contribution in [0.1, 0.15) is 26.5 Å². The van der Waals surface area contributed by atoms with Gasteiger partial charge < -0.3 is 9.84 Å². The van der Waals surface area contributed by atoms with E-state index in [1.165, 1.54) is 18.4 Å². The number of aryl methyl sites for hydroxylation is 1. The van der Waals surface area contributed by atoms with Gasteiger partial charge >= 0.3 is 5.97 Å². The number of ether oxygens (including phenoxy) is 1. The van der Waals surface area contributed by atoms with E-state index < -0.39 is 0 Å². The first-order valence-corrected chi connectivity index (χ1v) is 6.50. The highest BCUT2D eigenvalue weighted by Crippen LogP contribution is 2.24. The van der Waals surface area contributed by atoms with Crippen molar-refractivity contribution in [2.24, 2.45) is 0 Å². The molecule has 5 heteroatoms. The number of rotatable bonds is 3. The van der Waals surface area contributed by atoms with E-state index in [0.29, 0.717) is 4.88 Å². The van der Waals surface area contributed by atoms with E-state index in [0.717, 1.165) is 36.5 Å². The Morgan fingerprint density at radius 1 is 1.71 bits per heavy atom. The number of hydrogen-bond acceptors (Lipinski definition) is 5. The lowest BCUT2D eigenvalue weighted by Gasteiger charge is -2.14. The van der Waals surface area contributed by atoms with Crippen LogP contribution in [-0.2, 0) is 11.3 Å². The maximum Gasteiger partial charge on any atom is 0.348 e. The first-order chi connectivity index (χ1) is 8.10. The lowest BCUT2D eigenvalue weighted by Crippen LogP contribution is -2.21. The Morgan fingerprint density at radius 3 is 3.06 bits per heavy atom. The number of carbonyl (C=O) groups excluding carboxylic acids is 1. The van der Waals surface area contributed by atoms with Crippen LogP contribution in [-0.4, -0.2) is 42.3 Å². The molecule has 94 valence electrons. The van der Waals surface area contributed by atoms with Crippen molar-refractivity contribution in [2.45, 2.75) is 26.0 Å². The van der Waals surface area contributed by atoms with Gasteiger partial charge in [-0.05, 0) is 25.0 Å². The van der Waals surface area contributed by atoms with Crippen molar-refractivity contribution in [3.05, 3.63) is 21.4 Å². The van der Waals surface area contributed by atoms with E-state index in [1.807, 2.05) is 13.0 Å². The number of aliphatic hydroxyl groups is 1. The van der Waals surface area contributed by atoms with Gasteiger partial charge in [-0.2, -0.15) is 0 Å². The first-order valence-electron chi connectivity index (χ1n) is 5.68. The molecule has 2 rings (SSSR count). The molecule has 0 amide bonds. The molecule has 0 bridgehead atoms. The Morgan fingerprint density at radius 2 is 2.47 bits per heavy atom. The van der Waals surface area contributed by atoms with E-state index in [9.17, 15) is 9.90 Å². The zero-order valence-corrected chi connectivity index (χ0v) is 10.9. The smallest absolute Gasteiger partial charge is 0.348 e. The summed E-state index contributed by atoms with van der Waals surface area (Å²) in [7, 11) is 1.40. The summed E-state index contributed by atoms with van der Waals surface area (Å²) >= 11 is 1.47. The molecule has 17 heavy (non-hydrogen) atoms. The predicted molar refractivity (Wildman–Crippen MR) is 66.3 cm³/mol. The molecule has 1 N–H and O–H groups in total. The van der Waals surface area contributed by atoms with Crippen LogP contribution in [0.4, 0.5) is 0 Å². The van der Waals surface area contributed by atoms with E-state index in [-0.39, 0.29) is 12.1 Å². The highest BCUT2D eigenvalue weighted by Gasteiger charge is 2.22. The number of thiophene rings is 1. The number of likely N-dealkylation sites (tertiary alicyclic amines) is 1. The number of nitrogens with zero attached hydrogens (tertiary/aromatic N) is 1. The second-order valence-electron chi connectivity index (χ2n) is 4.36. The lowest BCUT2D eigenvalue weighted by molar-refractivity contribution is 0.0606. The van der Waals surface area contributed by atoms with Gasteiger partial charge in [-0.1, -0.05) is 0 Å². The standard InChI is InChI=1S/C12H17NO3S/c1-8-9(5-11(17-8)12(15)16-2)6-13-4-3-10(14)7-13/h5,10,14H,3-4,6-7H2,1-2H3/t10-/m1/s1. The first kappa shape index (κ1) is 12.5. The highest BCUT2D eigenvalue weighted by atomic mass is 32.1. The minimum atomic E-state index is -0.272. The van der Waals surface area contributed by atoms with Gasteiger partial charge in [-0.3, -0.25) is 4.90 Å². The van der Waals surface area contributed by atoms with Gasteiger partial charge in [0, 0.05) is 24.5 Å². The molecule has 1 fully saturated rings. The van der Waals surface area contributed by atoms with Crippen molar-refractivity contribution < 1.29 is 14.6 Å². The Hall–Kier alpha value is -0.910. The largest absolute Gasteiger partial charge is 0.465 e. The molecular weight excluding hydrogens is 238 g/mol. The van der Waals surface area contributed by atoms with Crippen molar-refractivity contribution in [3.63, 3.8) is 0 Å². The van der Waals surface area contributed by atoms with Crippen LogP contribution in [0.25, 0.3) is 0 Å². The topological polar surface area (TPSA) is 49.8 Å². The summed E-state index contributed by atoms with van der Waals surface area (Å²) < 4.78 is 4.71. The quantitative estimate of drug-likeness (QED) is 0.830. The fourth-order valence-corrected chi connectivity index (χ4v) is 3.03. The molecule has 1 saturated heterocycles. The van der Waals surface area contributed by atoms with Crippen molar-refractivity contribution in [1.82, 2.24) is 4.90 Å². The van der Waals surface area contributed by atoms with Crippen molar-refractivity contribution in [2.75, 3.05) is 20.2 Å². The minimum Gasteiger partial charge on any atom is -0.465 e. The third-order valence-electron chi connectivity index (χ3n) is 3.05. The number of methoxy groups -OCH3 is 1. The summed E-state index contributed by atoms with van der Waals surface area (Å²) in [5.41, 5.74) is 1.16. The van der Waals surface area contributed by atoms with Gasteiger partial charge in [0.1, 0.15) is 4.88 Å². The predicted octanol–water partition coefficient (Wildman–Crippen LogP) is 1.41. The van der Waals surface area contributed by atoms with Crippen LogP contribution in [0, 0.1) is 6.92 Å². The fraction of sp³-hybridized carbons (Fsp3) is 0.583. The van der Waals surface area contributed by atoms with Crippen LogP contribution >= 0.6 is 11.3 Å². The zero-order valence-electron chi connectivity index (χ0n) is 10.1. The summed E-state index contributed by atoms with van der Waals surface area (Å²) in [5, 5.41) is 9.47. The van der Waals surface area contributed by atoms with Crippen LogP contribution in [0.15, 0.2) is 6.07 Å². The van der Waals surface area contributed by atoms with Gasteiger partial charge in [0.25, 0.3) is 0 Å². The Kier molecular flexibility index (Phi) is 3.81. The van der Waals surface area contributed by atoms with Gasteiger partial charge in [0.2, 0.25) is 0 Å². The summed E-state index contributed by atoms with van der Waals surface area (Å²) in [4.78, 5) is 15.4. The van der Waals surface area contributed by atoms with Gasteiger partial charge in [0.15, 0.2) is 0 Å². The average molecular weight is 255 g/mol. The maximum atomic E-state index is 11.4. The molecule has 0 radical (unpaired) electrons. The number of β-amino-alcohol motifs (C(OH)–C–C–N with tert-alkyl or cyclic N) is 1. The minimum absolute atomic E-state index is 0.200. The van der Waals surface area contributed by atoms with Crippen LogP contribution < -0.4 is 0 Å². The summed E-state index contributed by atoms with van der Waals surface area (Å²) in [6, 6.07) is 1.90.